The molecule has 0 saturated heterocycles. The van der Waals surface area contributed by atoms with E-state index in [1.54, 1.807) is 36.3 Å². The van der Waals surface area contributed by atoms with Crippen LogP contribution < -0.4 is 10.6 Å². The van der Waals surface area contributed by atoms with Crippen molar-refractivity contribution in [2.24, 2.45) is 7.05 Å². The first-order chi connectivity index (χ1) is 9.04. The smallest absolute Gasteiger partial charge is 0.251 e. The number of fused-ring (bicyclic) bond motifs is 1. The second-order valence-corrected chi connectivity index (χ2v) is 5.14. The quantitative estimate of drug-likeness (QED) is 0.851. The van der Waals surface area contributed by atoms with E-state index >= 15 is 0 Å². The average Bonchev–Trinajstić information content (AvgIpc) is 2.77. The van der Waals surface area contributed by atoms with Gasteiger partial charge >= 0.3 is 0 Å². The molecule has 1 aliphatic heterocycles. The summed E-state index contributed by atoms with van der Waals surface area (Å²) >= 11 is 11.9. The molecule has 19 heavy (non-hydrogen) atoms. The highest BCUT2D eigenvalue weighted by Crippen LogP contribution is 2.37. The molecule has 0 bridgehead atoms. The Morgan fingerprint density at radius 2 is 1.95 bits per heavy atom. The van der Waals surface area contributed by atoms with Crippen molar-refractivity contribution in [3.05, 3.63) is 40.1 Å². The van der Waals surface area contributed by atoms with E-state index in [9.17, 15) is 4.79 Å². The number of amides is 1. The third-order valence-electron chi connectivity index (χ3n) is 2.94. The first-order valence-corrected chi connectivity index (χ1v) is 6.35. The van der Waals surface area contributed by atoms with Crippen molar-refractivity contribution in [3.63, 3.8) is 0 Å². The highest BCUT2D eigenvalue weighted by atomic mass is 35.5. The Hall–Kier alpha value is -1.72. The highest BCUT2D eigenvalue weighted by molar-refractivity contribution is 6.42. The number of rotatable bonds is 1. The maximum Gasteiger partial charge on any atom is 0.251 e. The van der Waals surface area contributed by atoms with Crippen LogP contribution in [0.3, 0.4) is 0 Å². The Balaban J connectivity index is 1.99. The molecule has 1 aromatic heterocycles. The second-order valence-electron chi connectivity index (χ2n) is 4.33. The molecule has 98 valence electrons. The molecule has 7 heteroatoms. The molecular formula is C12H10Cl2N4O. The molecule has 0 fully saturated rings. The molecule has 2 N–H and O–H groups in total. The van der Waals surface area contributed by atoms with Gasteiger partial charge in [0, 0.05) is 18.8 Å². The maximum atomic E-state index is 12.1. The third kappa shape index (κ3) is 2.15. The zero-order valence-corrected chi connectivity index (χ0v) is 11.5. The molecule has 0 aliphatic carbocycles. The molecule has 2 heterocycles. The van der Waals surface area contributed by atoms with Crippen molar-refractivity contribution in [1.29, 1.82) is 0 Å². The molecule has 2 aromatic rings. The fourth-order valence-corrected chi connectivity index (χ4v) is 2.35. The standard InChI is InChI=1S/C12H10Cl2N4O/c1-18-5-6(4-15-18)11-12(19)17-10-3-8(14)7(13)2-9(10)16-11/h2-5,11,16H,1H3,(H,17,19). The SMILES string of the molecule is Cn1cc(C2Nc3cc(Cl)c(Cl)cc3NC2=O)cn1. The van der Waals surface area contributed by atoms with E-state index in [0.717, 1.165) is 11.3 Å². The first kappa shape index (κ1) is 12.3. The van der Waals surface area contributed by atoms with Crippen LogP contribution in [-0.2, 0) is 11.8 Å². The Bertz CT molecular complexity index is 668. The number of carbonyl (C=O) groups is 1. The van der Waals surface area contributed by atoms with Gasteiger partial charge in [0.1, 0.15) is 6.04 Å². The van der Waals surface area contributed by atoms with Gasteiger partial charge in [-0.1, -0.05) is 23.2 Å². The topological polar surface area (TPSA) is 59.0 Å². The van der Waals surface area contributed by atoms with Gasteiger partial charge in [-0.15, -0.1) is 0 Å². The lowest BCUT2D eigenvalue weighted by Crippen LogP contribution is -2.31. The van der Waals surface area contributed by atoms with Crippen LogP contribution in [0.1, 0.15) is 11.6 Å². The summed E-state index contributed by atoms with van der Waals surface area (Å²) in [6.45, 7) is 0. The number of hydrogen-bond donors (Lipinski definition) is 2. The van der Waals surface area contributed by atoms with E-state index in [1.807, 2.05) is 0 Å². The van der Waals surface area contributed by atoms with Crippen molar-refractivity contribution in [2.45, 2.75) is 6.04 Å². The Kier molecular flexibility index (Phi) is 2.88. The summed E-state index contributed by atoms with van der Waals surface area (Å²) in [6.07, 6.45) is 3.44. The zero-order chi connectivity index (χ0) is 13.6. The molecular weight excluding hydrogens is 287 g/mol. The highest BCUT2D eigenvalue weighted by Gasteiger charge is 2.28. The Morgan fingerprint density at radius 1 is 1.26 bits per heavy atom. The van der Waals surface area contributed by atoms with Crippen molar-refractivity contribution < 1.29 is 4.79 Å². The fourth-order valence-electron chi connectivity index (χ4n) is 2.02. The molecule has 1 amide bonds. The lowest BCUT2D eigenvalue weighted by molar-refractivity contribution is -0.117. The number of nitrogens with zero attached hydrogens (tertiary/aromatic N) is 2. The van der Waals surface area contributed by atoms with Crippen LogP contribution in [0.2, 0.25) is 10.0 Å². The molecule has 0 saturated carbocycles. The van der Waals surface area contributed by atoms with Gasteiger partial charge in [0.25, 0.3) is 5.91 Å². The van der Waals surface area contributed by atoms with E-state index in [-0.39, 0.29) is 5.91 Å². The molecule has 1 unspecified atom stereocenters. The molecule has 1 aliphatic rings. The van der Waals surface area contributed by atoms with E-state index in [0.29, 0.717) is 15.7 Å². The van der Waals surface area contributed by atoms with Crippen molar-refractivity contribution >= 4 is 40.5 Å². The molecule has 1 atom stereocenters. The summed E-state index contributed by atoms with van der Waals surface area (Å²) < 4.78 is 1.65. The van der Waals surface area contributed by atoms with E-state index in [4.69, 9.17) is 23.2 Å². The normalized spacial score (nSPS) is 17.6. The number of nitrogens with one attached hydrogen (secondary N) is 2. The summed E-state index contributed by atoms with van der Waals surface area (Å²) in [5.74, 6) is -0.154. The van der Waals surface area contributed by atoms with Crippen LogP contribution in [0.4, 0.5) is 11.4 Å². The zero-order valence-electron chi connectivity index (χ0n) is 9.95. The average molecular weight is 297 g/mol. The van der Waals surface area contributed by atoms with Gasteiger partial charge in [0.2, 0.25) is 0 Å². The van der Waals surface area contributed by atoms with E-state index in [2.05, 4.69) is 15.7 Å². The predicted molar refractivity (Wildman–Crippen MR) is 74.7 cm³/mol. The minimum Gasteiger partial charge on any atom is -0.368 e. The largest absolute Gasteiger partial charge is 0.368 e. The lowest BCUT2D eigenvalue weighted by atomic mass is 10.1. The molecule has 0 radical (unpaired) electrons. The summed E-state index contributed by atoms with van der Waals surface area (Å²) in [7, 11) is 1.80. The minimum atomic E-state index is -0.488. The van der Waals surface area contributed by atoms with Gasteiger partial charge in [-0.25, -0.2) is 0 Å². The van der Waals surface area contributed by atoms with Crippen LogP contribution in [0.15, 0.2) is 24.5 Å². The van der Waals surface area contributed by atoms with Gasteiger partial charge in [-0.05, 0) is 12.1 Å². The Morgan fingerprint density at radius 3 is 2.58 bits per heavy atom. The molecule has 1 aromatic carbocycles. The van der Waals surface area contributed by atoms with E-state index in [1.165, 1.54) is 0 Å². The molecule has 0 spiro atoms. The number of aryl methyl sites for hydroxylation is 1. The van der Waals surface area contributed by atoms with Crippen molar-refractivity contribution in [2.75, 3.05) is 10.6 Å². The summed E-state index contributed by atoms with van der Waals surface area (Å²) in [6, 6.07) is 2.84. The monoisotopic (exact) mass is 296 g/mol. The van der Waals surface area contributed by atoms with Crippen molar-refractivity contribution in [3.8, 4) is 0 Å². The number of anilines is 2. The number of hydrogen-bond acceptors (Lipinski definition) is 3. The number of aromatic nitrogens is 2. The molecule has 5 nitrogen and oxygen atoms in total. The first-order valence-electron chi connectivity index (χ1n) is 5.59. The number of benzene rings is 1. The van der Waals surface area contributed by atoms with Gasteiger partial charge in [-0.2, -0.15) is 5.10 Å². The maximum absolute atomic E-state index is 12.1. The van der Waals surface area contributed by atoms with Crippen LogP contribution in [0, 0.1) is 0 Å². The minimum absolute atomic E-state index is 0.154. The van der Waals surface area contributed by atoms with Gasteiger partial charge < -0.3 is 10.6 Å². The van der Waals surface area contributed by atoms with Crippen LogP contribution in [0.25, 0.3) is 0 Å². The summed E-state index contributed by atoms with van der Waals surface area (Å²) in [4.78, 5) is 12.1. The lowest BCUT2D eigenvalue weighted by Gasteiger charge is -2.26. The third-order valence-corrected chi connectivity index (χ3v) is 3.66. The van der Waals surface area contributed by atoms with Gasteiger partial charge in [0.05, 0.1) is 27.6 Å². The number of halogens is 2. The van der Waals surface area contributed by atoms with Crippen LogP contribution in [-0.4, -0.2) is 15.7 Å². The molecule has 3 rings (SSSR count). The van der Waals surface area contributed by atoms with Crippen molar-refractivity contribution in [1.82, 2.24) is 9.78 Å². The summed E-state index contributed by atoms with van der Waals surface area (Å²) in [5, 5.41) is 10.8. The van der Waals surface area contributed by atoms with Gasteiger partial charge in [-0.3, -0.25) is 9.48 Å². The van der Waals surface area contributed by atoms with Crippen LogP contribution >= 0.6 is 23.2 Å². The van der Waals surface area contributed by atoms with Crippen LogP contribution in [0.5, 0.6) is 0 Å². The van der Waals surface area contributed by atoms with Gasteiger partial charge in [0.15, 0.2) is 0 Å². The Labute approximate surface area is 119 Å². The van der Waals surface area contributed by atoms with E-state index < -0.39 is 6.04 Å². The predicted octanol–water partition coefficient (Wildman–Crippen LogP) is 2.83. The second kappa shape index (κ2) is 4.43. The summed E-state index contributed by atoms with van der Waals surface area (Å²) in [5.41, 5.74) is 2.15. The fraction of sp³-hybridized carbons (Fsp3) is 0.167. The number of carbonyl (C=O) groups excluding carboxylic acids is 1.